The van der Waals surface area contributed by atoms with E-state index in [1.807, 2.05) is 36.4 Å². The minimum absolute atomic E-state index is 0.371. The molecule has 0 spiro atoms. The highest BCUT2D eigenvalue weighted by atomic mass is 16.5. The summed E-state index contributed by atoms with van der Waals surface area (Å²) in [5, 5.41) is 6.07. The van der Waals surface area contributed by atoms with Gasteiger partial charge in [-0.1, -0.05) is 25.5 Å². The van der Waals surface area contributed by atoms with Gasteiger partial charge in [-0.3, -0.25) is 4.79 Å². The minimum Gasteiger partial charge on any atom is -0.449 e. The molecule has 1 fully saturated rings. The molecule has 0 saturated carbocycles. The van der Waals surface area contributed by atoms with E-state index in [9.17, 15) is 9.59 Å². The van der Waals surface area contributed by atoms with Crippen LogP contribution in [0.1, 0.15) is 37.0 Å². The molecule has 0 radical (unpaired) electrons. The van der Waals surface area contributed by atoms with Gasteiger partial charge in [-0.25, -0.2) is 4.79 Å². The fraction of sp³-hybridized carbons (Fsp3) is 0.417. The quantitative estimate of drug-likeness (QED) is 0.468. The Kier molecular flexibility index (Phi) is 8.29. The van der Waals surface area contributed by atoms with Crippen LogP contribution in [0.25, 0.3) is 0 Å². The number of para-hydroxylation sites is 1. The van der Waals surface area contributed by atoms with Crippen molar-refractivity contribution in [3.05, 3.63) is 54.1 Å². The number of carbonyl (C=O) groups excluding carboxylic acids is 2. The van der Waals surface area contributed by atoms with Gasteiger partial charge in [-0.05, 0) is 49.7 Å². The first-order valence-electron chi connectivity index (χ1n) is 10.9. The van der Waals surface area contributed by atoms with E-state index >= 15 is 0 Å². The normalized spacial score (nSPS) is 14.6. The van der Waals surface area contributed by atoms with Crippen LogP contribution >= 0.6 is 0 Å². The molecule has 1 aliphatic rings. The van der Waals surface area contributed by atoms with E-state index < -0.39 is 12.1 Å². The first-order valence-corrected chi connectivity index (χ1v) is 10.9. The average Bonchev–Trinajstić information content (AvgIpc) is 2.80. The van der Waals surface area contributed by atoms with Crippen molar-refractivity contribution in [2.24, 2.45) is 0 Å². The number of unbranched alkanes of at least 4 members (excludes halogenated alkanes) is 1. The van der Waals surface area contributed by atoms with Crippen LogP contribution in [-0.4, -0.2) is 50.8 Å². The summed E-state index contributed by atoms with van der Waals surface area (Å²) in [6, 6.07) is 14.8. The molecule has 7 nitrogen and oxygen atoms in total. The Morgan fingerprint density at radius 3 is 2.52 bits per heavy atom. The molecule has 1 unspecified atom stereocenters. The maximum atomic E-state index is 12.6. The van der Waals surface area contributed by atoms with E-state index in [2.05, 4.69) is 22.5 Å². The lowest BCUT2D eigenvalue weighted by Gasteiger charge is -2.28. The SMILES string of the molecule is CCCCNc1ccccc1C(=O)OC(C)C(=O)Nc1ccc(N2CCOCC2)cc1. The zero-order valence-electron chi connectivity index (χ0n) is 18.2. The van der Waals surface area contributed by atoms with Crippen molar-refractivity contribution >= 4 is 28.9 Å². The fourth-order valence-corrected chi connectivity index (χ4v) is 3.31. The maximum Gasteiger partial charge on any atom is 0.341 e. The number of anilines is 3. The van der Waals surface area contributed by atoms with Crippen LogP contribution in [-0.2, 0) is 14.3 Å². The van der Waals surface area contributed by atoms with Gasteiger partial charge >= 0.3 is 5.97 Å². The molecule has 0 bridgehead atoms. The highest BCUT2D eigenvalue weighted by molar-refractivity contribution is 5.99. The molecule has 7 heteroatoms. The number of ether oxygens (including phenoxy) is 2. The Bertz CT molecular complexity index is 863. The lowest BCUT2D eigenvalue weighted by molar-refractivity contribution is -0.123. The van der Waals surface area contributed by atoms with Crippen LogP contribution < -0.4 is 15.5 Å². The van der Waals surface area contributed by atoms with E-state index in [0.29, 0.717) is 16.9 Å². The second-order valence-electron chi connectivity index (χ2n) is 7.51. The van der Waals surface area contributed by atoms with Crippen molar-refractivity contribution in [3.63, 3.8) is 0 Å². The number of benzene rings is 2. The van der Waals surface area contributed by atoms with Crippen LogP contribution in [0.3, 0.4) is 0 Å². The Balaban J connectivity index is 1.55. The molecule has 1 amide bonds. The molecule has 3 rings (SSSR count). The highest BCUT2D eigenvalue weighted by Crippen LogP contribution is 2.20. The molecule has 1 heterocycles. The predicted molar refractivity (Wildman–Crippen MR) is 123 cm³/mol. The number of hydrogen-bond donors (Lipinski definition) is 2. The highest BCUT2D eigenvalue weighted by Gasteiger charge is 2.21. The maximum absolute atomic E-state index is 12.6. The molecule has 1 saturated heterocycles. The van der Waals surface area contributed by atoms with E-state index in [0.717, 1.165) is 51.4 Å². The molecule has 0 aliphatic carbocycles. The van der Waals surface area contributed by atoms with Gasteiger partial charge in [0.05, 0.1) is 18.8 Å². The minimum atomic E-state index is -0.921. The van der Waals surface area contributed by atoms with Gasteiger partial charge in [0.2, 0.25) is 0 Å². The van der Waals surface area contributed by atoms with Gasteiger partial charge in [0.1, 0.15) is 0 Å². The fourth-order valence-electron chi connectivity index (χ4n) is 3.31. The van der Waals surface area contributed by atoms with Crippen molar-refractivity contribution in [1.82, 2.24) is 0 Å². The van der Waals surface area contributed by atoms with E-state index in [1.54, 1.807) is 19.1 Å². The third kappa shape index (κ3) is 6.46. The Labute approximate surface area is 183 Å². The first kappa shape index (κ1) is 22.6. The molecule has 31 heavy (non-hydrogen) atoms. The van der Waals surface area contributed by atoms with Crippen molar-refractivity contribution < 1.29 is 19.1 Å². The Hall–Kier alpha value is -3.06. The standard InChI is InChI=1S/C24H31N3O4/c1-3-4-13-25-22-8-6-5-7-21(22)24(29)31-18(2)23(28)26-19-9-11-20(12-10-19)27-14-16-30-17-15-27/h5-12,18,25H,3-4,13-17H2,1-2H3,(H,26,28). The second-order valence-corrected chi connectivity index (χ2v) is 7.51. The Morgan fingerprint density at radius 2 is 1.81 bits per heavy atom. The predicted octanol–water partition coefficient (Wildman–Crippen LogP) is 3.92. The zero-order valence-corrected chi connectivity index (χ0v) is 18.2. The molecular formula is C24H31N3O4. The zero-order chi connectivity index (χ0) is 22.1. The summed E-state index contributed by atoms with van der Waals surface area (Å²) in [6.45, 7) is 7.61. The van der Waals surface area contributed by atoms with E-state index in [4.69, 9.17) is 9.47 Å². The van der Waals surface area contributed by atoms with Gasteiger partial charge < -0.3 is 25.0 Å². The smallest absolute Gasteiger partial charge is 0.341 e. The van der Waals surface area contributed by atoms with Crippen molar-refractivity contribution in [3.8, 4) is 0 Å². The summed E-state index contributed by atoms with van der Waals surface area (Å²) in [5.74, 6) is -0.895. The number of morpholine rings is 1. The van der Waals surface area contributed by atoms with Crippen molar-refractivity contribution in [2.75, 3.05) is 48.4 Å². The van der Waals surface area contributed by atoms with E-state index in [1.165, 1.54) is 0 Å². The summed E-state index contributed by atoms with van der Waals surface area (Å²) in [4.78, 5) is 27.4. The van der Waals surface area contributed by atoms with Gasteiger partial charge in [0.15, 0.2) is 6.10 Å². The number of amides is 1. The number of nitrogens with one attached hydrogen (secondary N) is 2. The van der Waals surface area contributed by atoms with Gasteiger partial charge in [-0.15, -0.1) is 0 Å². The van der Waals surface area contributed by atoms with Crippen LogP contribution in [0.5, 0.6) is 0 Å². The number of nitrogens with zero attached hydrogens (tertiary/aromatic N) is 1. The lowest BCUT2D eigenvalue weighted by atomic mass is 10.1. The molecule has 1 atom stereocenters. The largest absolute Gasteiger partial charge is 0.449 e. The third-order valence-electron chi connectivity index (χ3n) is 5.16. The molecule has 2 aromatic carbocycles. The van der Waals surface area contributed by atoms with Gasteiger partial charge in [0, 0.05) is 36.7 Å². The molecule has 2 N–H and O–H groups in total. The van der Waals surface area contributed by atoms with Crippen LogP contribution in [0.4, 0.5) is 17.1 Å². The molecule has 166 valence electrons. The summed E-state index contributed by atoms with van der Waals surface area (Å²) >= 11 is 0. The van der Waals surface area contributed by atoms with E-state index in [-0.39, 0.29) is 5.91 Å². The molecule has 2 aromatic rings. The summed E-state index contributed by atoms with van der Waals surface area (Å²) < 4.78 is 10.8. The van der Waals surface area contributed by atoms with Gasteiger partial charge in [0.25, 0.3) is 5.91 Å². The summed E-state index contributed by atoms with van der Waals surface area (Å²) in [5.41, 5.74) is 2.89. The average molecular weight is 426 g/mol. The van der Waals surface area contributed by atoms with Crippen molar-refractivity contribution in [1.29, 1.82) is 0 Å². The summed E-state index contributed by atoms with van der Waals surface area (Å²) in [6.07, 6.45) is 1.15. The number of hydrogen-bond acceptors (Lipinski definition) is 6. The van der Waals surface area contributed by atoms with Crippen molar-refractivity contribution in [2.45, 2.75) is 32.8 Å². The third-order valence-corrected chi connectivity index (χ3v) is 5.16. The van der Waals surface area contributed by atoms with Crippen LogP contribution in [0.15, 0.2) is 48.5 Å². The molecular weight excluding hydrogens is 394 g/mol. The monoisotopic (exact) mass is 425 g/mol. The molecule has 1 aliphatic heterocycles. The number of esters is 1. The van der Waals surface area contributed by atoms with Crippen LogP contribution in [0, 0.1) is 0 Å². The topological polar surface area (TPSA) is 79.9 Å². The number of rotatable bonds is 9. The van der Waals surface area contributed by atoms with Crippen LogP contribution in [0.2, 0.25) is 0 Å². The number of carbonyl (C=O) groups is 2. The molecule has 0 aromatic heterocycles. The second kappa shape index (κ2) is 11.4. The van der Waals surface area contributed by atoms with Gasteiger partial charge in [-0.2, -0.15) is 0 Å². The summed E-state index contributed by atoms with van der Waals surface area (Å²) in [7, 11) is 0. The lowest BCUT2D eigenvalue weighted by Crippen LogP contribution is -2.36. The Morgan fingerprint density at radius 1 is 1.10 bits per heavy atom. The first-order chi connectivity index (χ1) is 15.1.